The Bertz CT molecular complexity index is 1740. The van der Waals surface area contributed by atoms with Crippen LogP contribution in [0.4, 0.5) is 10.5 Å². The van der Waals surface area contributed by atoms with Crippen LogP contribution in [0.5, 0.6) is 5.95 Å². The molecule has 40 heavy (non-hydrogen) atoms. The molecule has 1 amide bonds. The first-order valence-electron chi connectivity index (χ1n) is 13.0. The third kappa shape index (κ3) is 4.43. The fraction of sp³-hybridized carbons (Fsp3) is 0.156. The van der Waals surface area contributed by atoms with Crippen LogP contribution < -0.4 is 0 Å². The summed E-state index contributed by atoms with van der Waals surface area (Å²) in [6.07, 6.45) is 5.86. The van der Waals surface area contributed by atoms with E-state index in [1.165, 1.54) is 4.90 Å². The molecule has 1 fully saturated rings. The lowest BCUT2D eigenvalue weighted by atomic mass is 9.96. The summed E-state index contributed by atoms with van der Waals surface area (Å²) in [7, 11) is 1.93. The minimum absolute atomic E-state index is 0.212. The first-order valence-corrected chi connectivity index (χ1v) is 13.0. The van der Waals surface area contributed by atoms with E-state index >= 15 is 0 Å². The van der Waals surface area contributed by atoms with Crippen LogP contribution in [0, 0.1) is 0 Å². The van der Waals surface area contributed by atoms with Crippen LogP contribution in [0.15, 0.2) is 107 Å². The molecular weight excluding hydrogens is 504 g/mol. The molecule has 0 unspecified atom stereocenters. The highest BCUT2D eigenvalue weighted by Crippen LogP contribution is 2.51. The smallest absolute Gasteiger partial charge is 0.408 e. The number of carbonyl (C=O) groups is 1. The summed E-state index contributed by atoms with van der Waals surface area (Å²) in [5.74, 6) is -0.212. The van der Waals surface area contributed by atoms with Gasteiger partial charge in [0, 0.05) is 36.3 Å². The standard InChI is InChI=1S/C32H28N4O4/c1-3-18-36(31(38)39)32(16-17-32)23-12-8-22(9-13-23)29(28-25-6-4-5-7-27(25)40-30(28)37)34-24-14-10-21(11-15-24)26-19-35(2)20-33-26/h3-15,19-20,37H,1,16-18H2,2H3,(H,38,39). The molecule has 0 saturated heterocycles. The number of amides is 1. The molecule has 6 rings (SSSR count). The number of para-hydroxylation sites is 1. The van der Waals surface area contributed by atoms with Crippen molar-refractivity contribution in [2.45, 2.75) is 18.4 Å². The van der Waals surface area contributed by atoms with Crippen LogP contribution in [0.25, 0.3) is 22.2 Å². The number of furan rings is 1. The molecular formula is C32H28N4O4. The summed E-state index contributed by atoms with van der Waals surface area (Å²) < 4.78 is 7.57. The van der Waals surface area contributed by atoms with Crippen molar-refractivity contribution in [2.75, 3.05) is 6.54 Å². The summed E-state index contributed by atoms with van der Waals surface area (Å²) in [4.78, 5) is 22.8. The summed E-state index contributed by atoms with van der Waals surface area (Å²) in [5.41, 5.74) is 5.27. The molecule has 0 aliphatic heterocycles. The van der Waals surface area contributed by atoms with E-state index in [1.54, 1.807) is 18.5 Å². The minimum Gasteiger partial charge on any atom is -0.480 e. The van der Waals surface area contributed by atoms with Crippen LogP contribution in [0.1, 0.15) is 29.5 Å². The van der Waals surface area contributed by atoms with Crippen molar-refractivity contribution in [1.29, 1.82) is 0 Å². The second-order valence-corrected chi connectivity index (χ2v) is 10.0. The van der Waals surface area contributed by atoms with E-state index in [9.17, 15) is 15.0 Å². The Morgan fingerprint density at radius 1 is 1.12 bits per heavy atom. The van der Waals surface area contributed by atoms with E-state index in [0.29, 0.717) is 22.5 Å². The molecule has 3 aromatic carbocycles. The van der Waals surface area contributed by atoms with Crippen LogP contribution in [-0.2, 0) is 12.6 Å². The number of aliphatic imine (C=N–C) groups is 1. The Labute approximate surface area is 231 Å². The summed E-state index contributed by atoms with van der Waals surface area (Å²) in [6.45, 7) is 3.98. The molecule has 1 aliphatic rings. The molecule has 0 radical (unpaired) electrons. The number of fused-ring (bicyclic) bond motifs is 1. The summed E-state index contributed by atoms with van der Waals surface area (Å²) >= 11 is 0. The van der Waals surface area contributed by atoms with Gasteiger partial charge in [-0.1, -0.05) is 60.7 Å². The number of hydrogen-bond acceptors (Lipinski definition) is 5. The number of imidazole rings is 1. The molecule has 200 valence electrons. The zero-order valence-corrected chi connectivity index (χ0v) is 22.0. The number of carboxylic acid groups (broad SMARTS) is 1. The monoisotopic (exact) mass is 532 g/mol. The van der Waals surface area contributed by atoms with Gasteiger partial charge in [-0.15, -0.1) is 6.58 Å². The van der Waals surface area contributed by atoms with Crippen molar-refractivity contribution in [1.82, 2.24) is 14.5 Å². The van der Waals surface area contributed by atoms with Crippen molar-refractivity contribution < 1.29 is 19.4 Å². The first kappa shape index (κ1) is 25.2. The Kier molecular flexibility index (Phi) is 6.23. The van der Waals surface area contributed by atoms with Gasteiger partial charge < -0.3 is 19.2 Å². The highest BCUT2D eigenvalue weighted by Gasteiger charge is 2.51. The number of rotatable bonds is 8. The number of aromatic hydroxyl groups is 1. The van der Waals surface area contributed by atoms with Crippen molar-refractivity contribution >= 4 is 28.5 Å². The van der Waals surface area contributed by atoms with E-state index in [0.717, 1.165) is 40.6 Å². The first-order chi connectivity index (χ1) is 19.4. The number of aromatic nitrogens is 2. The number of aryl methyl sites for hydroxylation is 1. The predicted octanol–water partition coefficient (Wildman–Crippen LogP) is 6.86. The SMILES string of the molecule is C=CCN(C(=O)O)C1(c2ccc(C(=Nc3ccc(-c4cn(C)cn4)cc3)c3c(O)oc4ccccc34)cc2)CC1. The van der Waals surface area contributed by atoms with Crippen LogP contribution >= 0.6 is 0 Å². The molecule has 2 aromatic heterocycles. The van der Waals surface area contributed by atoms with E-state index in [2.05, 4.69) is 11.6 Å². The van der Waals surface area contributed by atoms with E-state index in [1.807, 2.05) is 84.5 Å². The lowest BCUT2D eigenvalue weighted by Gasteiger charge is -2.29. The maximum atomic E-state index is 12.0. The molecule has 1 aliphatic carbocycles. The van der Waals surface area contributed by atoms with Gasteiger partial charge in [-0.25, -0.2) is 14.8 Å². The third-order valence-electron chi connectivity index (χ3n) is 7.40. The van der Waals surface area contributed by atoms with Crippen molar-refractivity contribution in [3.05, 3.63) is 115 Å². The molecule has 0 bridgehead atoms. The number of benzene rings is 3. The fourth-order valence-corrected chi connectivity index (χ4v) is 5.26. The highest BCUT2D eigenvalue weighted by atomic mass is 16.5. The third-order valence-corrected chi connectivity index (χ3v) is 7.40. The van der Waals surface area contributed by atoms with Gasteiger partial charge in [-0.2, -0.15) is 0 Å². The average Bonchev–Trinajstić information content (AvgIpc) is 3.53. The van der Waals surface area contributed by atoms with Gasteiger partial charge in [0.2, 0.25) is 0 Å². The fourth-order valence-electron chi connectivity index (χ4n) is 5.26. The Morgan fingerprint density at radius 3 is 2.48 bits per heavy atom. The van der Waals surface area contributed by atoms with Crippen LogP contribution in [0.2, 0.25) is 0 Å². The normalized spacial score (nSPS) is 14.3. The van der Waals surface area contributed by atoms with Crippen LogP contribution in [-0.4, -0.2) is 43.0 Å². The molecule has 2 N–H and O–H groups in total. The molecule has 0 spiro atoms. The van der Waals surface area contributed by atoms with Gasteiger partial charge in [0.1, 0.15) is 5.58 Å². The predicted molar refractivity (Wildman–Crippen MR) is 154 cm³/mol. The van der Waals surface area contributed by atoms with Crippen molar-refractivity contribution in [2.24, 2.45) is 12.0 Å². The Balaban J connectivity index is 1.43. The lowest BCUT2D eigenvalue weighted by Crippen LogP contribution is -2.39. The molecule has 8 heteroatoms. The molecule has 5 aromatic rings. The van der Waals surface area contributed by atoms with E-state index in [-0.39, 0.29) is 12.5 Å². The highest BCUT2D eigenvalue weighted by molar-refractivity contribution is 6.21. The quantitative estimate of drug-likeness (QED) is 0.168. The maximum Gasteiger partial charge on any atom is 0.408 e. The molecule has 0 atom stereocenters. The second kappa shape index (κ2) is 9.89. The zero-order chi connectivity index (χ0) is 27.9. The van der Waals surface area contributed by atoms with Gasteiger partial charge in [0.25, 0.3) is 5.95 Å². The number of nitrogens with zero attached hydrogens (tertiary/aromatic N) is 4. The molecule has 2 heterocycles. The Morgan fingerprint density at radius 2 is 1.85 bits per heavy atom. The van der Waals surface area contributed by atoms with Gasteiger partial charge in [0.05, 0.1) is 34.5 Å². The van der Waals surface area contributed by atoms with Gasteiger partial charge >= 0.3 is 6.09 Å². The van der Waals surface area contributed by atoms with Gasteiger partial charge in [-0.3, -0.25) is 4.90 Å². The summed E-state index contributed by atoms with van der Waals surface area (Å²) in [5, 5.41) is 21.4. The zero-order valence-electron chi connectivity index (χ0n) is 22.0. The molecule has 8 nitrogen and oxygen atoms in total. The lowest BCUT2D eigenvalue weighted by molar-refractivity contribution is 0.123. The topological polar surface area (TPSA) is 104 Å². The maximum absolute atomic E-state index is 12.0. The van der Waals surface area contributed by atoms with Crippen LogP contribution in [0.3, 0.4) is 0 Å². The Hall–Kier alpha value is -5.11. The van der Waals surface area contributed by atoms with Crippen molar-refractivity contribution in [3.63, 3.8) is 0 Å². The second-order valence-electron chi connectivity index (χ2n) is 10.0. The van der Waals surface area contributed by atoms with Gasteiger partial charge in [0.15, 0.2) is 0 Å². The average molecular weight is 533 g/mol. The summed E-state index contributed by atoms with van der Waals surface area (Å²) in [6, 6.07) is 22.9. The minimum atomic E-state index is -0.965. The largest absolute Gasteiger partial charge is 0.480 e. The van der Waals surface area contributed by atoms with E-state index < -0.39 is 11.6 Å². The van der Waals surface area contributed by atoms with Gasteiger partial charge in [-0.05, 0) is 36.6 Å². The number of hydrogen-bond donors (Lipinski definition) is 2. The van der Waals surface area contributed by atoms with E-state index in [4.69, 9.17) is 9.41 Å². The molecule has 1 saturated carbocycles. The van der Waals surface area contributed by atoms with Crippen molar-refractivity contribution in [3.8, 4) is 17.2 Å².